The Balaban J connectivity index is 2.28. The Kier molecular flexibility index (Phi) is 6.84. The molecule has 6 nitrogen and oxygen atoms in total. The molecule has 0 radical (unpaired) electrons. The highest BCUT2D eigenvalue weighted by atomic mass is 16.5. The van der Waals surface area contributed by atoms with Crippen molar-refractivity contribution in [3.05, 3.63) is 24.0 Å². The van der Waals surface area contributed by atoms with Crippen LogP contribution in [-0.4, -0.2) is 30.6 Å². The van der Waals surface area contributed by atoms with Crippen molar-refractivity contribution in [3.63, 3.8) is 0 Å². The zero-order chi connectivity index (χ0) is 14.1. The van der Waals surface area contributed by atoms with Gasteiger partial charge in [0.05, 0.1) is 24.1 Å². The predicted octanol–water partition coefficient (Wildman–Crippen LogP) is 1.16. The van der Waals surface area contributed by atoms with Gasteiger partial charge in [-0.15, -0.1) is 0 Å². The first-order valence-corrected chi connectivity index (χ1v) is 6.41. The van der Waals surface area contributed by atoms with E-state index in [0.717, 1.165) is 13.0 Å². The minimum Gasteiger partial charge on any atom is -0.380 e. The van der Waals surface area contributed by atoms with E-state index in [1.807, 2.05) is 0 Å². The Morgan fingerprint density at radius 2 is 2.26 bits per heavy atom. The lowest BCUT2D eigenvalue weighted by molar-refractivity contribution is 0.0906. The monoisotopic (exact) mass is 266 g/mol. The molecule has 1 amide bonds. The van der Waals surface area contributed by atoms with Gasteiger partial charge in [-0.25, -0.2) is 0 Å². The van der Waals surface area contributed by atoms with Gasteiger partial charge in [-0.05, 0) is 18.4 Å². The molecule has 0 saturated carbocycles. The number of nitrogens with two attached hydrogens (primary N) is 1. The summed E-state index contributed by atoms with van der Waals surface area (Å²) in [6, 6.07) is 1.62. The summed E-state index contributed by atoms with van der Waals surface area (Å²) in [6.07, 6.45) is 4.09. The first-order valence-electron chi connectivity index (χ1n) is 6.41. The largest absolute Gasteiger partial charge is 0.380 e. The van der Waals surface area contributed by atoms with Gasteiger partial charge in [0, 0.05) is 19.3 Å². The first-order chi connectivity index (χ1) is 9.15. The maximum atomic E-state index is 11.9. The second-order valence-electron chi connectivity index (χ2n) is 4.62. The molecule has 0 aliphatic rings. The lowest BCUT2D eigenvalue weighted by Gasteiger charge is -2.10. The number of aromatic nitrogens is 1. The van der Waals surface area contributed by atoms with Crippen LogP contribution in [0.3, 0.4) is 0 Å². The van der Waals surface area contributed by atoms with Crippen LogP contribution in [0.1, 0.15) is 30.6 Å². The molecule has 0 spiro atoms. The molecule has 1 heterocycles. The van der Waals surface area contributed by atoms with E-state index in [1.165, 1.54) is 6.20 Å². The van der Waals surface area contributed by atoms with Gasteiger partial charge in [0.25, 0.3) is 5.91 Å². The molecule has 106 valence electrons. The van der Waals surface area contributed by atoms with Gasteiger partial charge in [-0.3, -0.25) is 15.6 Å². The number of pyridine rings is 1. The summed E-state index contributed by atoms with van der Waals surface area (Å²) >= 11 is 0. The smallest absolute Gasteiger partial charge is 0.253 e. The van der Waals surface area contributed by atoms with Gasteiger partial charge in [0.1, 0.15) is 0 Å². The van der Waals surface area contributed by atoms with E-state index >= 15 is 0 Å². The third-order valence-electron chi connectivity index (χ3n) is 2.59. The van der Waals surface area contributed by atoms with Crippen molar-refractivity contribution in [2.24, 2.45) is 11.8 Å². The molecule has 19 heavy (non-hydrogen) atoms. The molecule has 1 aromatic heterocycles. The lowest BCUT2D eigenvalue weighted by atomic mass is 10.1. The molecule has 0 fully saturated rings. The highest BCUT2D eigenvalue weighted by Gasteiger charge is 2.09. The first kappa shape index (κ1) is 15.4. The van der Waals surface area contributed by atoms with Crippen LogP contribution >= 0.6 is 0 Å². The number of ether oxygens (including phenoxy) is 1. The molecular formula is C13H22N4O2. The summed E-state index contributed by atoms with van der Waals surface area (Å²) in [5, 5.41) is 2.77. The van der Waals surface area contributed by atoms with E-state index in [2.05, 4.69) is 29.6 Å². The summed E-state index contributed by atoms with van der Waals surface area (Å²) < 4.78 is 5.42. The Bertz CT molecular complexity index is 396. The van der Waals surface area contributed by atoms with Gasteiger partial charge < -0.3 is 15.5 Å². The number of nitrogen functional groups attached to an aromatic ring is 1. The van der Waals surface area contributed by atoms with Crippen molar-refractivity contribution in [2.75, 3.05) is 25.2 Å². The minimum absolute atomic E-state index is 0.192. The molecular weight excluding hydrogens is 244 g/mol. The van der Waals surface area contributed by atoms with Gasteiger partial charge >= 0.3 is 0 Å². The average Bonchev–Trinajstić information content (AvgIpc) is 2.42. The highest BCUT2D eigenvalue weighted by molar-refractivity contribution is 5.99. The normalized spacial score (nSPS) is 10.5. The molecule has 4 N–H and O–H groups in total. The molecule has 0 aliphatic heterocycles. The fourth-order valence-electron chi connectivity index (χ4n) is 1.46. The average molecular weight is 266 g/mol. The molecule has 0 saturated heterocycles. The van der Waals surface area contributed by atoms with Crippen LogP contribution in [0.2, 0.25) is 0 Å². The van der Waals surface area contributed by atoms with Crippen LogP contribution in [0.15, 0.2) is 18.5 Å². The highest BCUT2D eigenvalue weighted by Crippen LogP contribution is 2.10. The van der Waals surface area contributed by atoms with Gasteiger partial charge in [-0.1, -0.05) is 13.8 Å². The van der Waals surface area contributed by atoms with Crippen molar-refractivity contribution in [1.29, 1.82) is 0 Å². The van der Waals surface area contributed by atoms with E-state index in [1.54, 1.807) is 12.3 Å². The molecule has 0 bridgehead atoms. The minimum atomic E-state index is -0.192. The van der Waals surface area contributed by atoms with Gasteiger partial charge in [0.15, 0.2) is 0 Å². The zero-order valence-corrected chi connectivity index (χ0v) is 11.5. The second kappa shape index (κ2) is 8.44. The summed E-state index contributed by atoms with van der Waals surface area (Å²) in [6.45, 7) is 6.00. The fourth-order valence-corrected chi connectivity index (χ4v) is 1.46. The Morgan fingerprint density at radius 3 is 2.95 bits per heavy atom. The number of rotatable bonds is 8. The summed E-state index contributed by atoms with van der Waals surface area (Å²) in [5.41, 5.74) is 3.42. The van der Waals surface area contributed by atoms with E-state index in [9.17, 15) is 4.79 Å². The van der Waals surface area contributed by atoms with Crippen molar-refractivity contribution >= 4 is 11.6 Å². The van der Waals surface area contributed by atoms with Gasteiger partial charge in [0.2, 0.25) is 0 Å². The molecule has 0 aromatic carbocycles. The molecule has 0 aliphatic carbocycles. The molecule has 1 rings (SSSR count). The summed E-state index contributed by atoms with van der Waals surface area (Å²) in [5.74, 6) is 5.75. The van der Waals surface area contributed by atoms with E-state index < -0.39 is 0 Å². The Morgan fingerprint density at radius 1 is 1.47 bits per heavy atom. The lowest BCUT2D eigenvalue weighted by Crippen LogP contribution is -2.28. The third-order valence-corrected chi connectivity index (χ3v) is 2.59. The third kappa shape index (κ3) is 5.67. The standard InChI is InChI=1S/C13H22N4O2/c1-10(2)4-7-19-8-6-16-13(18)11-3-5-15-9-12(11)17-14/h3,5,9-10,17H,4,6-8,14H2,1-2H3,(H,16,18). The maximum absolute atomic E-state index is 11.9. The quantitative estimate of drug-likeness (QED) is 0.373. The molecule has 0 unspecified atom stereocenters. The van der Waals surface area contributed by atoms with E-state index in [4.69, 9.17) is 10.6 Å². The predicted molar refractivity (Wildman–Crippen MR) is 74.7 cm³/mol. The number of anilines is 1. The number of nitrogens with zero attached hydrogens (tertiary/aromatic N) is 1. The second-order valence-corrected chi connectivity index (χ2v) is 4.62. The van der Waals surface area contributed by atoms with Crippen molar-refractivity contribution in [2.45, 2.75) is 20.3 Å². The molecule has 1 aromatic rings. The van der Waals surface area contributed by atoms with Crippen LogP contribution in [0, 0.1) is 5.92 Å². The number of hydrogen-bond donors (Lipinski definition) is 3. The Labute approximate surface area is 113 Å². The molecule has 6 heteroatoms. The number of amides is 1. The van der Waals surface area contributed by atoms with Crippen LogP contribution in [0.5, 0.6) is 0 Å². The maximum Gasteiger partial charge on any atom is 0.253 e. The number of carbonyl (C=O) groups is 1. The van der Waals surface area contributed by atoms with Crippen molar-refractivity contribution in [3.8, 4) is 0 Å². The van der Waals surface area contributed by atoms with Crippen molar-refractivity contribution < 1.29 is 9.53 Å². The number of carbonyl (C=O) groups excluding carboxylic acids is 1. The van der Waals surface area contributed by atoms with Crippen LogP contribution in [0.25, 0.3) is 0 Å². The van der Waals surface area contributed by atoms with E-state index in [-0.39, 0.29) is 5.91 Å². The zero-order valence-electron chi connectivity index (χ0n) is 11.5. The summed E-state index contributed by atoms with van der Waals surface area (Å²) in [4.78, 5) is 15.8. The number of hydrazine groups is 1. The van der Waals surface area contributed by atoms with Crippen LogP contribution < -0.4 is 16.6 Å². The molecule has 0 atom stereocenters. The SMILES string of the molecule is CC(C)CCOCCNC(=O)c1ccncc1NN. The number of nitrogens with one attached hydrogen (secondary N) is 2. The summed E-state index contributed by atoms with van der Waals surface area (Å²) in [7, 11) is 0. The van der Waals surface area contributed by atoms with Crippen molar-refractivity contribution in [1.82, 2.24) is 10.3 Å². The van der Waals surface area contributed by atoms with Crippen LogP contribution in [0.4, 0.5) is 5.69 Å². The van der Waals surface area contributed by atoms with Gasteiger partial charge in [-0.2, -0.15) is 0 Å². The Hall–Kier alpha value is -1.66. The number of hydrogen-bond acceptors (Lipinski definition) is 5. The fraction of sp³-hybridized carbons (Fsp3) is 0.538. The van der Waals surface area contributed by atoms with E-state index in [0.29, 0.717) is 30.3 Å². The van der Waals surface area contributed by atoms with Crippen LogP contribution in [-0.2, 0) is 4.74 Å². The topological polar surface area (TPSA) is 89.3 Å².